The Morgan fingerprint density at radius 2 is 1.93 bits per heavy atom. The monoisotopic (exact) mass is 408 g/mol. The Hall–Kier alpha value is -3.30. The summed E-state index contributed by atoms with van der Waals surface area (Å²) in [6.07, 6.45) is -1.52. The maximum atomic E-state index is 12.2. The fraction of sp³-hybridized carbons (Fsp3) is 0.316. The van der Waals surface area contributed by atoms with E-state index in [0.29, 0.717) is 0 Å². The van der Waals surface area contributed by atoms with Crippen molar-refractivity contribution in [3.05, 3.63) is 53.7 Å². The molecule has 0 radical (unpaired) electrons. The first kappa shape index (κ1) is 20.4. The third kappa shape index (κ3) is 5.84. The Labute approximate surface area is 164 Å². The van der Waals surface area contributed by atoms with Crippen LogP contribution in [0.5, 0.6) is 5.88 Å². The number of carbonyl (C=O) groups is 2. The second kappa shape index (κ2) is 8.80. The van der Waals surface area contributed by atoms with Crippen LogP contribution in [0.25, 0.3) is 0 Å². The van der Waals surface area contributed by atoms with Gasteiger partial charge in [-0.05, 0) is 30.5 Å². The van der Waals surface area contributed by atoms with Gasteiger partial charge in [0.15, 0.2) is 6.61 Å². The molecule has 2 N–H and O–H groups in total. The fourth-order valence-corrected chi connectivity index (χ4v) is 2.94. The Kier molecular flexibility index (Phi) is 6.20. The number of rotatable bonds is 5. The van der Waals surface area contributed by atoms with Gasteiger partial charge in [0, 0.05) is 24.5 Å². The van der Waals surface area contributed by atoms with Gasteiger partial charge in [0.05, 0.1) is 12.1 Å². The standard InChI is InChI=1S/C19H19F3N4O3/c20-19(21,22)12-29-17-8-7-14(10-23-17)18(28)25-24-16(27)11-26-9-3-5-13-4-1-2-6-15(13)26/h1-2,4,6-8,10H,3,5,9,11-12H2,(H,24,27)(H,25,28). The van der Waals surface area contributed by atoms with Gasteiger partial charge < -0.3 is 9.64 Å². The molecule has 1 aliphatic rings. The van der Waals surface area contributed by atoms with Crippen molar-refractivity contribution in [1.82, 2.24) is 15.8 Å². The van der Waals surface area contributed by atoms with E-state index in [-0.39, 0.29) is 18.0 Å². The minimum atomic E-state index is -4.48. The van der Waals surface area contributed by atoms with E-state index in [1.165, 1.54) is 11.6 Å². The number of fused-ring (bicyclic) bond motifs is 1. The van der Waals surface area contributed by atoms with E-state index in [1.54, 1.807) is 0 Å². The number of alkyl halides is 3. The predicted molar refractivity (Wildman–Crippen MR) is 98.4 cm³/mol. The van der Waals surface area contributed by atoms with Gasteiger partial charge in [-0.1, -0.05) is 18.2 Å². The van der Waals surface area contributed by atoms with Crippen LogP contribution in [-0.4, -0.2) is 42.7 Å². The quantitative estimate of drug-likeness (QED) is 0.742. The van der Waals surface area contributed by atoms with E-state index >= 15 is 0 Å². The van der Waals surface area contributed by atoms with Crippen LogP contribution in [0.15, 0.2) is 42.6 Å². The van der Waals surface area contributed by atoms with Crippen LogP contribution in [-0.2, 0) is 11.2 Å². The molecule has 0 bridgehead atoms. The van der Waals surface area contributed by atoms with Gasteiger partial charge in [0.2, 0.25) is 5.88 Å². The maximum Gasteiger partial charge on any atom is 0.422 e. The third-order valence-electron chi connectivity index (χ3n) is 4.24. The van der Waals surface area contributed by atoms with Crippen molar-refractivity contribution in [1.29, 1.82) is 0 Å². The molecule has 0 saturated carbocycles. The summed E-state index contributed by atoms with van der Waals surface area (Å²) >= 11 is 0. The molecule has 0 aliphatic carbocycles. The number of ether oxygens (including phenoxy) is 1. The molecule has 7 nitrogen and oxygen atoms in total. The molecule has 0 saturated heterocycles. The number of aryl methyl sites for hydroxylation is 1. The molecule has 2 amide bonds. The van der Waals surface area contributed by atoms with Crippen LogP contribution in [0.4, 0.5) is 18.9 Å². The Balaban J connectivity index is 1.49. The zero-order valence-electron chi connectivity index (χ0n) is 15.3. The number of hydrogen-bond acceptors (Lipinski definition) is 5. The van der Waals surface area contributed by atoms with Crippen molar-refractivity contribution in [3.8, 4) is 5.88 Å². The zero-order valence-corrected chi connectivity index (χ0v) is 15.3. The lowest BCUT2D eigenvalue weighted by molar-refractivity contribution is -0.154. The SMILES string of the molecule is O=C(CN1CCCc2ccccc21)NNC(=O)c1ccc(OCC(F)(F)F)nc1. The molecule has 0 unspecified atom stereocenters. The Morgan fingerprint density at radius 3 is 2.66 bits per heavy atom. The molecule has 10 heteroatoms. The first-order chi connectivity index (χ1) is 13.8. The number of hydrogen-bond donors (Lipinski definition) is 2. The smallest absolute Gasteiger partial charge is 0.422 e. The van der Waals surface area contributed by atoms with Crippen molar-refractivity contribution in [2.24, 2.45) is 0 Å². The maximum absolute atomic E-state index is 12.2. The highest BCUT2D eigenvalue weighted by atomic mass is 19.4. The zero-order chi connectivity index (χ0) is 20.9. The number of para-hydroxylation sites is 1. The number of benzene rings is 1. The third-order valence-corrected chi connectivity index (χ3v) is 4.24. The van der Waals surface area contributed by atoms with Crippen LogP contribution in [0.3, 0.4) is 0 Å². The van der Waals surface area contributed by atoms with E-state index in [9.17, 15) is 22.8 Å². The molecular formula is C19H19F3N4O3. The number of anilines is 1. The molecule has 154 valence electrons. The molecule has 1 aliphatic heterocycles. The highest BCUT2D eigenvalue weighted by molar-refractivity contribution is 5.95. The van der Waals surface area contributed by atoms with Gasteiger partial charge >= 0.3 is 6.18 Å². The predicted octanol–water partition coefficient (Wildman–Crippen LogP) is 2.24. The van der Waals surface area contributed by atoms with Gasteiger partial charge in [-0.2, -0.15) is 13.2 Å². The van der Waals surface area contributed by atoms with Gasteiger partial charge in [-0.15, -0.1) is 0 Å². The first-order valence-corrected chi connectivity index (χ1v) is 8.89. The summed E-state index contributed by atoms with van der Waals surface area (Å²) in [5.74, 6) is -1.30. The van der Waals surface area contributed by atoms with E-state index in [4.69, 9.17) is 0 Å². The lowest BCUT2D eigenvalue weighted by atomic mass is 10.0. The van der Waals surface area contributed by atoms with Crippen molar-refractivity contribution in [2.75, 3.05) is 24.6 Å². The van der Waals surface area contributed by atoms with Crippen LogP contribution in [0.2, 0.25) is 0 Å². The molecule has 1 aromatic carbocycles. The molecule has 1 aromatic heterocycles. The molecule has 0 spiro atoms. The van der Waals surface area contributed by atoms with Crippen molar-refractivity contribution in [3.63, 3.8) is 0 Å². The van der Waals surface area contributed by atoms with E-state index in [1.807, 2.05) is 29.2 Å². The molecule has 0 fully saturated rings. The summed E-state index contributed by atoms with van der Waals surface area (Å²) in [5, 5.41) is 0. The van der Waals surface area contributed by atoms with Crippen LogP contribution in [0, 0.1) is 0 Å². The van der Waals surface area contributed by atoms with E-state index < -0.39 is 24.6 Å². The fourth-order valence-electron chi connectivity index (χ4n) is 2.94. The van der Waals surface area contributed by atoms with Gasteiger partial charge in [-0.25, -0.2) is 4.98 Å². The Morgan fingerprint density at radius 1 is 1.14 bits per heavy atom. The van der Waals surface area contributed by atoms with Gasteiger partial charge in [-0.3, -0.25) is 20.4 Å². The highest BCUT2D eigenvalue weighted by Gasteiger charge is 2.28. The van der Waals surface area contributed by atoms with Crippen LogP contribution >= 0.6 is 0 Å². The summed E-state index contributed by atoms with van der Waals surface area (Å²) in [6, 6.07) is 10.2. The van der Waals surface area contributed by atoms with E-state index in [0.717, 1.165) is 37.3 Å². The number of amides is 2. The second-order valence-electron chi connectivity index (χ2n) is 6.45. The number of nitrogens with one attached hydrogen (secondary N) is 2. The second-order valence-corrected chi connectivity index (χ2v) is 6.45. The van der Waals surface area contributed by atoms with E-state index in [2.05, 4.69) is 20.6 Å². The minimum absolute atomic E-state index is 0.0629. The van der Waals surface area contributed by atoms with Crippen molar-refractivity contribution in [2.45, 2.75) is 19.0 Å². The van der Waals surface area contributed by atoms with Crippen molar-refractivity contribution >= 4 is 17.5 Å². The molecular weight excluding hydrogens is 389 g/mol. The number of pyridine rings is 1. The topological polar surface area (TPSA) is 83.6 Å². The molecule has 3 rings (SSSR count). The van der Waals surface area contributed by atoms with Crippen molar-refractivity contribution < 1.29 is 27.5 Å². The van der Waals surface area contributed by atoms with Gasteiger partial charge in [0.1, 0.15) is 0 Å². The Bertz CT molecular complexity index is 872. The molecule has 2 aromatic rings. The number of hydrazine groups is 1. The molecule has 2 heterocycles. The largest absolute Gasteiger partial charge is 0.468 e. The average Bonchev–Trinajstić information content (AvgIpc) is 2.70. The highest BCUT2D eigenvalue weighted by Crippen LogP contribution is 2.26. The van der Waals surface area contributed by atoms with Crippen LogP contribution in [0.1, 0.15) is 22.3 Å². The summed E-state index contributed by atoms with van der Waals surface area (Å²) in [5.41, 5.74) is 6.83. The molecule has 29 heavy (non-hydrogen) atoms. The number of halogens is 3. The van der Waals surface area contributed by atoms with Crippen LogP contribution < -0.4 is 20.5 Å². The summed E-state index contributed by atoms with van der Waals surface area (Å²) in [7, 11) is 0. The number of nitrogens with zero attached hydrogens (tertiary/aromatic N) is 2. The molecule has 0 atom stereocenters. The lowest BCUT2D eigenvalue weighted by Gasteiger charge is -2.30. The summed E-state index contributed by atoms with van der Waals surface area (Å²) in [6.45, 7) is -0.650. The number of aromatic nitrogens is 1. The normalized spacial score (nSPS) is 13.4. The first-order valence-electron chi connectivity index (χ1n) is 8.89. The summed E-state index contributed by atoms with van der Waals surface area (Å²) < 4.78 is 40.8. The van der Waals surface area contributed by atoms with Gasteiger partial charge in [0.25, 0.3) is 11.8 Å². The number of carbonyl (C=O) groups excluding carboxylic acids is 2. The minimum Gasteiger partial charge on any atom is -0.468 e. The lowest BCUT2D eigenvalue weighted by Crippen LogP contribution is -2.47. The summed E-state index contributed by atoms with van der Waals surface area (Å²) in [4.78, 5) is 29.8. The average molecular weight is 408 g/mol.